The summed E-state index contributed by atoms with van der Waals surface area (Å²) in [6, 6.07) is 7.17. The van der Waals surface area contributed by atoms with Crippen molar-refractivity contribution in [3.8, 4) is 0 Å². The molecule has 0 amide bonds. The maximum absolute atomic E-state index is 12.9. The Labute approximate surface area is 176 Å². The van der Waals surface area contributed by atoms with Crippen LogP contribution in [0.1, 0.15) is 51.0 Å². The minimum Gasteiger partial charge on any atom is -0.381 e. The smallest absolute Gasteiger partial charge is 0.243 e. The second-order valence-corrected chi connectivity index (χ2v) is 9.22. The van der Waals surface area contributed by atoms with Crippen molar-refractivity contribution < 1.29 is 13.2 Å². The van der Waals surface area contributed by atoms with Gasteiger partial charge in [0, 0.05) is 46.4 Å². The van der Waals surface area contributed by atoms with Crippen molar-refractivity contribution in [2.45, 2.75) is 56.9 Å². The number of unbranched alkanes of at least 4 members (excludes halogenated alkanes) is 1. The molecule has 0 radical (unpaired) electrons. The van der Waals surface area contributed by atoms with Gasteiger partial charge in [-0.25, -0.2) is 8.42 Å². The number of ether oxygens (including phenoxy) is 1. The van der Waals surface area contributed by atoms with E-state index >= 15 is 0 Å². The summed E-state index contributed by atoms with van der Waals surface area (Å²) in [7, 11) is -1.68. The maximum Gasteiger partial charge on any atom is 0.243 e. The molecular weight excluding hydrogens is 388 g/mol. The summed E-state index contributed by atoms with van der Waals surface area (Å²) >= 11 is 0. The predicted octanol–water partition coefficient (Wildman–Crippen LogP) is 2.73. The van der Waals surface area contributed by atoms with E-state index < -0.39 is 10.0 Å². The Morgan fingerprint density at radius 2 is 1.90 bits per heavy atom. The van der Waals surface area contributed by atoms with E-state index in [2.05, 4.69) is 22.5 Å². The summed E-state index contributed by atoms with van der Waals surface area (Å²) < 4.78 is 32.9. The molecule has 0 spiro atoms. The van der Waals surface area contributed by atoms with E-state index in [4.69, 9.17) is 4.74 Å². The van der Waals surface area contributed by atoms with Gasteiger partial charge in [-0.3, -0.25) is 4.99 Å². The Balaban J connectivity index is 1.81. The lowest BCUT2D eigenvalue weighted by molar-refractivity contribution is 0.129. The fourth-order valence-corrected chi connectivity index (χ4v) is 4.79. The molecule has 0 atom stereocenters. The molecule has 0 saturated carbocycles. The molecule has 1 heterocycles. The number of guanidine groups is 1. The standard InChI is InChI=1S/C21H36N4O3S/c1-3-4-15-28-16-9-12-23-21(22-2)24-18-19-10-8-11-20(17-19)29(26,27)25-13-6-5-7-14-25/h8,10-11,17H,3-7,9,12-16,18H2,1-2H3,(H2,22,23,24). The molecule has 1 aliphatic rings. The molecule has 0 aromatic heterocycles. The van der Waals surface area contributed by atoms with E-state index in [0.717, 1.165) is 63.8 Å². The molecule has 0 aliphatic carbocycles. The van der Waals surface area contributed by atoms with Crippen LogP contribution in [0.3, 0.4) is 0 Å². The first-order chi connectivity index (χ1) is 14.1. The van der Waals surface area contributed by atoms with E-state index in [0.29, 0.717) is 30.5 Å². The number of aliphatic imine (C=N–C) groups is 1. The lowest BCUT2D eigenvalue weighted by Crippen LogP contribution is -2.37. The van der Waals surface area contributed by atoms with Gasteiger partial charge in [0.05, 0.1) is 4.90 Å². The highest BCUT2D eigenvalue weighted by molar-refractivity contribution is 7.89. The summed E-state index contributed by atoms with van der Waals surface area (Å²) in [6.45, 7) is 6.22. The second-order valence-electron chi connectivity index (χ2n) is 7.28. The fraction of sp³-hybridized carbons (Fsp3) is 0.667. The Morgan fingerprint density at radius 1 is 1.14 bits per heavy atom. The summed E-state index contributed by atoms with van der Waals surface area (Å²) in [6.07, 6.45) is 6.14. The number of rotatable bonds is 11. The molecule has 0 unspecified atom stereocenters. The Hall–Kier alpha value is -1.64. The number of nitrogens with zero attached hydrogens (tertiary/aromatic N) is 2. The van der Waals surface area contributed by atoms with Crippen molar-refractivity contribution in [3.05, 3.63) is 29.8 Å². The fourth-order valence-electron chi connectivity index (χ4n) is 3.21. The van der Waals surface area contributed by atoms with Gasteiger partial charge < -0.3 is 15.4 Å². The Bertz CT molecular complexity index is 731. The molecule has 1 aromatic rings. The molecule has 29 heavy (non-hydrogen) atoms. The van der Waals surface area contributed by atoms with E-state index in [1.54, 1.807) is 29.6 Å². The van der Waals surface area contributed by atoms with Gasteiger partial charge in [-0.1, -0.05) is 31.9 Å². The Morgan fingerprint density at radius 3 is 2.62 bits per heavy atom. The number of sulfonamides is 1. The van der Waals surface area contributed by atoms with Crippen LogP contribution in [-0.4, -0.2) is 58.6 Å². The van der Waals surface area contributed by atoms with Crippen LogP contribution >= 0.6 is 0 Å². The van der Waals surface area contributed by atoms with Crippen molar-refractivity contribution in [2.75, 3.05) is 39.9 Å². The lowest BCUT2D eigenvalue weighted by Gasteiger charge is -2.26. The van der Waals surface area contributed by atoms with E-state index in [-0.39, 0.29) is 0 Å². The van der Waals surface area contributed by atoms with Crippen molar-refractivity contribution in [2.24, 2.45) is 4.99 Å². The van der Waals surface area contributed by atoms with E-state index in [9.17, 15) is 8.42 Å². The average Bonchev–Trinajstić information content (AvgIpc) is 2.76. The van der Waals surface area contributed by atoms with Gasteiger partial charge in [0.15, 0.2) is 5.96 Å². The molecule has 2 N–H and O–H groups in total. The first-order valence-corrected chi connectivity index (χ1v) is 12.1. The molecule has 0 bridgehead atoms. The zero-order chi connectivity index (χ0) is 21.0. The number of hydrogen-bond donors (Lipinski definition) is 2. The molecule has 2 rings (SSSR count). The third-order valence-electron chi connectivity index (χ3n) is 4.93. The van der Waals surface area contributed by atoms with Gasteiger partial charge in [-0.2, -0.15) is 4.31 Å². The zero-order valence-electron chi connectivity index (χ0n) is 17.8. The third kappa shape index (κ3) is 7.95. The molecule has 1 aromatic carbocycles. The minimum atomic E-state index is -3.41. The molecule has 1 saturated heterocycles. The predicted molar refractivity (Wildman–Crippen MR) is 118 cm³/mol. The molecule has 1 aliphatic heterocycles. The lowest BCUT2D eigenvalue weighted by atomic mass is 10.2. The van der Waals surface area contributed by atoms with Crippen LogP contribution < -0.4 is 10.6 Å². The van der Waals surface area contributed by atoms with Gasteiger partial charge in [0.1, 0.15) is 0 Å². The van der Waals surface area contributed by atoms with Crippen LogP contribution in [-0.2, 0) is 21.3 Å². The quantitative estimate of drug-likeness (QED) is 0.324. The monoisotopic (exact) mass is 424 g/mol. The highest BCUT2D eigenvalue weighted by atomic mass is 32.2. The molecule has 8 heteroatoms. The van der Waals surface area contributed by atoms with Gasteiger partial charge in [-0.05, 0) is 43.4 Å². The van der Waals surface area contributed by atoms with Crippen molar-refractivity contribution in [1.29, 1.82) is 0 Å². The van der Waals surface area contributed by atoms with Crippen molar-refractivity contribution in [1.82, 2.24) is 14.9 Å². The normalized spacial score (nSPS) is 16.0. The minimum absolute atomic E-state index is 0.367. The third-order valence-corrected chi connectivity index (χ3v) is 6.83. The van der Waals surface area contributed by atoms with Crippen LogP contribution in [0, 0.1) is 0 Å². The summed E-state index contributed by atoms with van der Waals surface area (Å²) in [5.41, 5.74) is 0.911. The summed E-state index contributed by atoms with van der Waals surface area (Å²) in [5, 5.41) is 6.50. The second kappa shape index (κ2) is 12.8. The highest BCUT2D eigenvalue weighted by Gasteiger charge is 2.25. The van der Waals surface area contributed by atoms with Gasteiger partial charge in [-0.15, -0.1) is 0 Å². The van der Waals surface area contributed by atoms with E-state index in [1.807, 2.05) is 6.07 Å². The van der Waals surface area contributed by atoms with Gasteiger partial charge in [0.25, 0.3) is 0 Å². The summed E-state index contributed by atoms with van der Waals surface area (Å²) in [5.74, 6) is 0.697. The highest BCUT2D eigenvalue weighted by Crippen LogP contribution is 2.21. The van der Waals surface area contributed by atoms with Crippen molar-refractivity contribution in [3.63, 3.8) is 0 Å². The van der Waals surface area contributed by atoms with Gasteiger partial charge in [0.2, 0.25) is 10.0 Å². The van der Waals surface area contributed by atoms with Crippen LogP contribution in [0.15, 0.2) is 34.2 Å². The Kier molecular flexibility index (Phi) is 10.5. The largest absolute Gasteiger partial charge is 0.381 e. The van der Waals surface area contributed by atoms with Gasteiger partial charge >= 0.3 is 0 Å². The SMILES string of the molecule is CCCCOCCCNC(=NC)NCc1cccc(S(=O)(=O)N2CCCCC2)c1. The molecule has 1 fully saturated rings. The number of benzene rings is 1. The zero-order valence-corrected chi connectivity index (χ0v) is 18.6. The first kappa shape index (κ1) is 23.6. The molecular formula is C21H36N4O3S. The van der Waals surface area contributed by atoms with Crippen LogP contribution in [0.2, 0.25) is 0 Å². The maximum atomic E-state index is 12.9. The van der Waals surface area contributed by atoms with Crippen molar-refractivity contribution >= 4 is 16.0 Å². The molecule has 164 valence electrons. The van der Waals surface area contributed by atoms with Crippen LogP contribution in [0.5, 0.6) is 0 Å². The van der Waals surface area contributed by atoms with Crippen LogP contribution in [0.25, 0.3) is 0 Å². The number of nitrogens with one attached hydrogen (secondary N) is 2. The van der Waals surface area contributed by atoms with E-state index in [1.165, 1.54) is 0 Å². The first-order valence-electron chi connectivity index (χ1n) is 10.7. The summed E-state index contributed by atoms with van der Waals surface area (Å²) in [4.78, 5) is 4.59. The number of hydrogen-bond acceptors (Lipinski definition) is 4. The average molecular weight is 425 g/mol. The molecule has 7 nitrogen and oxygen atoms in total. The topological polar surface area (TPSA) is 83.0 Å². The number of piperidine rings is 1. The van der Waals surface area contributed by atoms with Crippen LogP contribution in [0.4, 0.5) is 0 Å².